The average Bonchev–Trinajstić information content (AvgIpc) is 3.38. The fourth-order valence-corrected chi connectivity index (χ4v) is 7.71. The molecule has 0 radical (unpaired) electrons. The highest BCUT2D eigenvalue weighted by Gasteiger charge is 2.32. The van der Waals surface area contributed by atoms with Crippen LogP contribution in [0.2, 0.25) is 0 Å². The summed E-state index contributed by atoms with van der Waals surface area (Å²) in [6.07, 6.45) is 0.406. The number of fused-ring (bicyclic) bond motifs is 1. The van der Waals surface area contributed by atoms with E-state index in [1.54, 1.807) is 24.1 Å². The van der Waals surface area contributed by atoms with Gasteiger partial charge >= 0.3 is 0 Å². The number of ether oxygens (including phenoxy) is 3. The summed E-state index contributed by atoms with van der Waals surface area (Å²) < 4.78 is 45.5. The zero-order valence-electron chi connectivity index (χ0n) is 23.1. The number of carbonyl (C=O) groups is 1. The van der Waals surface area contributed by atoms with Crippen molar-refractivity contribution in [2.45, 2.75) is 37.4 Å². The van der Waals surface area contributed by atoms with E-state index in [1.165, 1.54) is 27.8 Å². The number of nitrogens with zero attached hydrogens (tertiary/aromatic N) is 4. The molecule has 3 aromatic rings. The number of morpholine rings is 2. The monoisotopic (exact) mass is 588 g/mol. The van der Waals surface area contributed by atoms with Gasteiger partial charge in [-0.3, -0.25) is 14.6 Å². The van der Waals surface area contributed by atoms with Crippen molar-refractivity contribution in [2.75, 3.05) is 64.5 Å². The summed E-state index contributed by atoms with van der Waals surface area (Å²) in [7, 11) is -2.08. The number of sulfonamides is 1. The molecule has 10 nitrogen and oxygen atoms in total. The minimum Gasteiger partial charge on any atom is -0.497 e. The largest absolute Gasteiger partial charge is 0.497 e. The first-order valence-corrected chi connectivity index (χ1v) is 15.8. The maximum atomic E-state index is 13.8. The topological polar surface area (TPSA) is 102 Å². The first kappa shape index (κ1) is 28.9. The Kier molecular flexibility index (Phi) is 9.03. The highest BCUT2D eigenvalue weighted by atomic mass is 32.2. The Balaban J connectivity index is 1.37. The lowest BCUT2D eigenvalue weighted by atomic mass is 10.2. The fraction of sp³-hybridized carbons (Fsp3) is 0.500. The summed E-state index contributed by atoms with van der Waals surface area (Å²) in [4.78, 5) is 22.8. The predicted octanol–water partition coefficient (Wildman–Crippen LogP) is 3.47. The van der Waals surface area contributed by atoms with Crippen LogP contribution in [0.25, 0.3) is 10.2 Å². The highest BCUT2D eigenvalue weighted by molar-refractivity contribution is 7.89. The third-order valence-electron chi connectivity index (χ3n) is 7.15. The quantitative estimate of drug-likeness (QED) is 0.375. The van der Waals surface area contributed by atoms with Crippen molar-refractivity contribution in [2.24, 2.45) is 0 Å². The van der Waals surface area contributed by atoms with E-state index < -0.39 is 10.0 Å². The molecule has 2 fully saturated rings. The maximum Gasteiger partial charge on any atom is 0.260 e. The van der Waals surface area contributed by atoms with Gasteiger partial charge in [-0.1, -0.05) is 11.3 Å². The molecule has 0 spiro atoms. The van der Waals surface area contributed by atoms with Crippen LogP contribution in [-0.4, -0.2) is 100 Å². The van der Waals surface area contributed by atoms with Crippen molar-refractivity contribution in [3.8, 4) is 5.75 Å². The molecule has 3 heterocycles. The molecule has 2 aliphatic heterocycles. The molecule has 1 amide bonds. The van der Waals surface area contributed by atoms with Crippen molar-refractivity contribution in [1.82, 2.24) is 14.2 Å². The Morgan fingerprint density at radius 3 is 2.48 bits per heavy atom. The van der Waals surface area contributed by atoms with Gasteiger partial charge in [0.2, 0.25) is 10.0 Å². The third kappa shape index (κ3) is 6.48. The van der Waals surface area contributed by atoms with Crippen molar-refractivity contribution >= 4 is 42.6 Å². The minimum atomic E-state index is -3.70. The number of thiazole rings is 1. The number of methoxy groups -OCH3 is 1. The number of carbonyl (C=O) groups excluding carboxylic acids is 1. The standard InChI is InChI=1S/C28H36N4O6S2/c1-20-18-31(19-21(2)38-20)40(34,35)24-8-5-22(6-9-24)27(33)32(12-4-11-30-13-15-37-16-14-30)28-29-25-10-7-23(36-3)17-26(25)39-28/h5-10,17,20-21H,4,11-16,18-19H2,1-3H3. The Morgan fingerprint density at radius 1 is 1.10 bits per heavy atom. The summed E-state index contributed by atoms with van der Waals surface area (Å²) in [6, 6.07) is 11.9. The second-order valence-corrected chi connectivity index (χ2v) is 13.1. The summed E-state index contributed by atoms with van der Waals surface area (Å²) in [6.45, 7) is 8.86. The van der Waals surface area contributed by atoms with Crippen molar-refractivity contribution in [3.05, 3.63) is 48.0 Å². The van der Waals surface area contributed by atoms with Gasteiger partial charge in [0.25, 0.3) is 5.91 Å². The van der Waals surface area contributed by atoms with Crippen molar-refractivity contribution < 1.29 is 27.4 Å². The number of anilines is 1. The molecule has 5 rings (SSSR count). The minimum absolute atomic E-state index is 0.163. The second-order valence-electron chi connectivity index (χ2n) is 10.2. The molecule has 0 N–H and O–H groups in total. The molecule has 2 unspecified atom stereocenters. The molecule has 0 aliphatic carbocycles. The molecule has 0 saturated carbocycles. The van der Waals surface area contributed by atoms with Crippen LogP contribution in [0.4, 0.5) is 5.13 Å². The third-order valence-corrected chi connectivity index (χ3v) is 10.0. The van der Waals surface area contributed by atoms with Gasteiger partial charge in [-0.2, -0.15) is 4.31 Å². The van der Waals surface area contributed by atoms with Crippen LogP contribution < -0.4 is 9.64 Å². The van der Waals surface area contributed by atoms with Gasteiger partial charge < -0.3 is 14.2 Å². The number of hydrogen-bond donors (Lipinski definition) is 0. The normalized spacial score (nSPS) is 21.0. The van der Waals surface area contributed by atoms with Gasteiger partial charge in [-0.25, -0.2) is 13.4 Å². The lowest BCUT2D eigenvalue weighted by Gasteiger charge is -2.34. The van der Waals surface area contributed by atoms with Crippen LogP contribution in [0.1, 0.15) is 30.6 Å². The van der Waals surface area contributed by atoms with Crippen molar-refractivity contribution in [3.63, 3.8) is 0 Å². The molecule has 0 bridgehead atoms. The molecule has 2 atom stereocenters. The number of rotatable bonds is 9. The molecular formula is C28H36N4O6S2. The van der Waals surface area contributed by atoms with Crippen LogP contribution in [0.5, 0.6) is 5.75 Å². The van der Waals surface area contributed by atoms with Gasteiger partial charge in [0.15, 0.2) is 5.13 Å². The molecular weight excluding hydrogens is 552 g/mol. The smallest absolute Gasteiger partial charge is 0.260 e. The van der Waals surface area contributed by atoms with Gasteiger partial charge in [-0.15, -0.1) is 0 Å². The molecule has 12 heteroatoms. The number of amides is 1. The second kappa shape index (κ2) is 12.5. The Labute approximate surface area is 239 Å². The molecule has 216 valence electrons. The maximum absolute atomic E-state index is 13.8. The fourth-order valence-electron chi connectivity index (χ4n) is 5.10. The Morgan fingerprint density at radius 2 is 1.80 bits per heavy atom. The summed E-state index contributed by atoms with van der Waals surface area (Å²) in [5.41, 5.74) is 1.20. The zero-order chi connectivity index (χ0) is 28.3. The van der Waals surface area contributed by atoms with E-state index in [2.05, 4.69) is 4.90 Å². The van der Waals surface area contributed by atoms with Crippen LogP contribution in [0.3, 0.4) is 0 Å². The van der Waals surface area contributed by atoms with E-state index >= 15 is 0 Å². The number of benzene rings is 2. The highest BCUT2D eigenvalue weighted by Crippen LogP contribution is 2.32. The van der Waals surface area contributed by atoms with E-state index in [9.17, 15) is 13.2 Å². The molecule has 2 aliphatic rings. The molecule has 2 saturated heterocycles. The van der Waals surface area contributed by atoms with Crippen LogP contribution >= 0.6 is 11.3 Å². The predicted molar refractivity (Wildman–Crippen MR) is 155 cm³/mol. The lowest BCUT2D eigenvalue weighted by molar-refractivity contribution is -0.0440. The van der Waals surface area contributed by atoms with E-state index in [0.717, 1.165) is 55.2 Å². The first-order chi connectivity index (χ1) is 19.2. The van der Waals surface area contributed by atoms with E-state index in [4.69, 9.17) is 19.2 Å². The number of hydrogen-bond acceptors (Lipinski definition) is 9. The SMILES string of the molecule is COc1ccc2nc(N(CCCN3CCOCC3)C(=O)c3ccc(S(=O)(=O)N4CC(C)OC(C)C4)cc3)sc2c1. The Bertz CT molecular complexity index is 1410. The number of aromatic nitrogens is 1. The van der Waals surface area contributed by atoms with Crippen LogP contribution in [0.15, 0.2) is 47.4 Å². The summed E-state index contributed by atoms with van der Waals surface area (Å²) in [5.74, 6) is 0.513. The molecule has 2 aromatic carbocycles. The zero-order valence-corrected chi connectivity index (χ0v) is 24.7. The van der Waals surface area contributed by atoms with Gasteiger partial charge in [0.1, 0.15) is 5.75 Å². The Hall–Kier alpha value is -2.61. The lowest BCUT2D eigenvalue weighted by Crippen LogP contribution is -2.48. The molecule has 1 aromatic heterocycles. The molecule has 40 heavy (non-hydrogen) atoms. The summed E-state index contributed by atoms with van der Waals surface area (Å²) in [5, 5.41) is 0.600. The van der Waals surface area contributed by atoms with Crippen LogP contribution in [-0.2, 0) is 19.5 Å². The summed E-state index contributed by atoms with van der Waals surface area (Å²) >= 11 is 1.44. The van der Waals surface area contributed by atoms with Gasteiger partial charge in [-0.05, 0) is 62.7 Å². The first-order valence-electron chi connectivity index (χ1n) is 13.6. The van der Waals surface area contributed by atoms with Crippen molar-refractivity contribution in [1.29, 1.82) is 0 Å². The van der Waals surface area contributed by atoms with Gasteiger partial charge in [0, 0.05) is 44.8 Å². The van der Waals surface area contributed by atoms with E-state index in [-0.39, 0.29) is 23.0 Å². The van der Waals surface area contributed by atoms with E-state index in [1.807, 2.05) is 32.0 Å². The van der Waals surface area contributed by atoms with Crippen LogP contribution in [0, 0.1) is 0 Å². The van der Waals surface area contributed by atoms with E-state index in [0.29, 0.717) is 30.3 Å². The average molecular weight is 589 g/mol. The van der Waals surface area contributed by atoms with Gasteiger partial charge in [0.05, 0.1) is 47.6 Å².